The van der Waals surface area contributed by atoms with Crippen molar-refractivity contribution in [1.29, 1.82) is 0 Å². The van der Waals surface area contributed by atoms with Crippen molar-refractivity contribution < 1.29 is 14.4 Å². The number of halogens is 1. The Balaban J connectivity index is 1.47. The summed E-state index contributed by atoms with van der Waals surface area (Å²) < 4.78 is 0. The number of aromatic nitrogens is 1. The molecular formula is C24H20ClN5O3. The minimum absolute atomic E-state index is 0.120. The van der Waals surface area contributed by atoms with Gasteiger partial charge in [-0.05, 0) is 66.6 Å². The third kappa shape index (κ3) is 4.06. The molecule has 0 fully saturated rings. The summed E-state index contributed by atoms with van der Waals surface area (Å²) in [6.07, 6.45) is 2.03. The van der Waals surface area contributed by atoms with Crippen molar-refractivity contribution in [3.05, 3.63) is 76.6 Å². The topological polar surface area (TPSA) is 103 Å². The van der Waals surface area contributed by atoms with E-state index in [1.807, 2.05) is 12.1 Å². The van der Waals surface area contributed by atoms with Crippen molar-refractivity contribution in [2.24, 2.45) is 0 Å². The molecule has 0 saturated carbocycles. The molecule has 2 aliphatic rings. The maximum atomic E-state index is 13.0. The largest absolute Gasteiger partial charge is 0.324 e. The first kappa shape index (κ1) is 21.1. The SMILES string of the molecule is O=C1CC(=O)N(c2ccc(NC(=O)c3cccnc3Cl)cc2)c2ccc3c(c2N1)CCNC3. The first-order chi connectivity index (χ1) is 16.0. The molecule has 3 heterocycles. The van der Waals surface area contributed by atoms with Crippen molar-refractivity contribution in [1.82, 2.24) is 10.3 Å². The van der Waals surface area contributed by atoms with Gasteiger partial charge in [-0.15, -0.1) is 0 Å². The molecule has 0 saturated heterocycles. The van der Waals surface area contributed by atoms with Gasteiger partial charge in [0, 0.05) is 24.1 Å². The number of carbonyl (C=O) groups excluding carboxylic acids is 3. The summed E-state index contributed by atoms with van der Waals surface area (Å²) in [5.41, 5.74) is 4.90. The van der Waals surface area contributed by atoms with Gasteiger partial charge in [-0.2, -0.15) is 0 Å². The average molecular weight is 462 g/mol. The minimum Gasteiger partial charge on any atom is -0.324 e. The summed E-state index contributed by atoms with van der Waals surface area (Å²) in [6.45, 7) is 1.53. The summed E-state index contributed by atoms with van der Waals surface area (Å²) in [6, 6.07) is 14.0. The lowest BCUT2D eigenvalue weighted by molar-refractivity contribution is -0.124. The molecule has 2 aromatic carbocycles. The highest BCUT2D eigenvalue weighted by Gasteiger charge is 2.30. The van der Waals surface area contributed by atoms with Crippen molar-refractivity contribution in [2.75, 3.05) is 22.1 Å². The minimum atomic E-state index is -0.382. The van der Waals surface area contributed by atoms with Gasteiger partial charge in [0.1, 0.15) is 11.6 Å². The molecule has 0 spiro atoms. The van der Waals surface area contributed by atoms with Crippen LogP contribution in [0.15, 0.2) is 54.7 Å². The lowest BCUT2D eigenvalue weighted by Gasteiger charge is -2.27. The molecule has 0 atom stereocenters. The van der Waals surface area contributed by atoms with Gasteiger partial charge < -0.3 is 16.0 Å². The van der Waals surface area contributed by atoms with Crippen molar-refractivity contribution >= 4 is 52.1 Å². The number of benzene rings is 2. The van der Waals surface area contributed by atoms with E-state index in [9.17, 15) is 14.4 Å². The maximum Gasteiger partial charge on any atom is 0.258 e. The highest BCUT2D eigenvalue weighted by molar-refractivity contribution is 6.33. The third-order valence-corrected chi connectivity index (χ3v) is 6.01. The summed E-state index contributed by atoms with van der Waals surface area (Å²) in [5.74, 6) is -1.03. The third-order valence-electron chi connectivity index (χ3n) is 5.71. The fourth-order valence-corrected chi connectivity index (χ4v) is 4.36. The number of hydrogen-bond donors (Lipinski definition) is 3. The lowest BCUT2D eigenvalue weighted by Crippen LogP contribution is -2.27. The van der Waals surface area contributed by atoms with Crippen LogP contribution < -0.4 is 20.9 Å². The highest BCUT2D eigenvalue weighted by atomic mass is 35.5. The van der Waals surface area contributed by atoms with Crippen LogP contribution in [0.25, 0.3) is 0 Å². The molecule has 0 aliphatic carbocycles. The Morgan fingerprint density at radius 1 is 1.09 bits per heavy atom. The van der Waals surface area contributed by atoms with E-state index < -0.39 is 0 Å². The van der Waals surface area contributed by atoms with Gasteiger partial charge in [0.05, 0.1) is 16.9 Å². The Morgan fingerprint density at radius 2 is 1.91 bits per heavy atom. The molecule has 3 aromatic rings. The van der Waals surface area contributed by atoms with E-state index in [1.54, 1.807) is 41.3 Å². The molecule has 8 nitrogen and oxygen atoms in total. The van der Waals surface area contributed by atoms with Crippen molar-refractivity contribution in [3.8, 4) is 0 Å². The summed E-state index contributed by atoms with van der Waals surface area (Å²) in [4.78, 5) is 43.4. The van der Waals surface area contributed by atoms with E-state index in [0.717, 1.165) is 30.6 Å². The molecule has 166 valence electrons. The first-order valence-corrected chi connectivity index (χ1v) is 10.9. The quantitative estimate of drug-likeness (QED) is 0.408. The van der Waals surface area contributed by atoms with Crippen LogP contribution >= 0.6 is 11.6 Å². The average Bonchev–Trinajstić information content (AvgIpc) is 2.94. The smallest absolute Gasteiger partial charge is 0.258 e. The lowest BCUT2D eigenvalue weighted by atomic mass is 9.97. The number of anilines is 4. The Bertz CT molecular complexity index is 1280. The number of rotatable bonds is 3. The van der Waals surface area contributed by atoms with Gasteiger partial charge in [0.25, 0.3) is 5.91 Å². The van der Waals surface area contributed by atoms with Crippen LogP contribution in [0.1, 0.15) is 27.9 Å². The fraction of sp³-hybridized carbons (Fsp3) is 0.167. The van der Waals surface area contributed by atoms with E-state index in [0.29, 0.717) is 22.7 Å². The normalized spacial score (nSPS) is 15.2. The molecule has 3 amide bonds. The molecule has 0 bridgehead atoms. The molecule has 0 unspecified atom stereocenters. The van der Waals surface area contributed by atoms with E-state index in [-0.39, 0.29) is 34.9 Å². The molecule has 9 heteroatoms. The number of carbonyl (C=O) groups is 3. The Kier molecular flexibility index (Phi) is 5.53. The number of fused-ring (bicyclic) bond motifs is 3. The van der Waals surface area contributed by atoms with Gasteiger partial charge in [0.2, 0.25) is 11.8 Å². The van der Waals surface area contributed by atoms with Gasteiger partial charge in [0.15, 0.2) is 0 Å². The van der Waals surface area contributed by atoms with Crippen molar-refractivity contribution in [2.45, 2.75) is 19.4 Å². The predicted octanol–water partition coefficient (Wildman–Crippen LogP) is 3.64. The van der Waals surface area contributed by atoms with Crippen LogP contribution in [0.2, 0.25) is 5.15 Å². The molecule has 0 radical (unpaired) electrons. The Labute approximate surface area is 195 Å². The van der Waals surface area contributed by atoms with E-state index in [4.69, 9.17) is 11.6 Å². The maximum absolute atomic E-state index is 13.0. The highest BCUT2D eigenvalue weighted by Crippen LogP contribution is 2.40. The van der Waals surface area contributed by atoms with Crippen LogP contribution in [0.5, 0.6) is 0 Å². The zero-order chi connectivity index (χ0) is 22.9. The molecular weight excluding hydrogens is 442 g/mol. The fourth-order valence-electron chi connectivity index (χ4n) is 4.16. The second-order valence-electron chi connectivity index (χ2n) is 7.82. The second kappa shape index (κ2) is 8.65. The molecule has 1 aromatic heterocycles. The Morgan fingerprint density at radius 3 is 2.70 bits per heavy atom. The number of pyridine rings is 1. The number of nitrogens with one attached hydrogen (secondary N) is 3. The zero-order valence-electron chi connectivity index (χ0n) is 17.5. The van der Waals surface area contributed by atoms with Crippen LogP contribution in [0.4, 0.5) is 22.7 Å². The van der Waals surface area contributed by atoms with Gasteiger partial charge in [-0.3, -0.25) is 19.3 Å². The summed E-state index contributed by atoms with van der Waals surface area (Å²) in [7, 11) is 0. The van der Waals surface area contributed by atoms with Crippen LogP contribution in [-0.2, 0) is 22.6 Å². The summed E-state index contributed by atoms with van der Waals surface area (Å²) >= 11 is 6.00. The number of amides is 3. The van der Waals surface area contributed by atoms with E-state index in [2.05, 4.69) is 20.9 Å². The molecule has 3 N–H and O–H groups in total. The van der Waals surface area contributed by atoms with Gasteiger partial charge in [-0.1, -0.05) is 17.7 Å². The standard InChI is InChI=1S/C24H20ClN5O3/c25-23-18(2-1-10-27-23)24(33)28-15-4-6-16(7-5-15)30-19-8-3-14-13-26-11-9-17(14)22(19)29-20(31)12-21(30)32/h1-8,10,26H,9,11-13H2,(H,28,33)(H,29,31). The Hall–Kier alpha value is -3.75. The monoisotopic (exact) mass is 461 g/mol. The van der Waals surface area contributed by atoms with Gasteiger partial charge in [-0.25, -0.2) is 4.98 Å². The van der Waals surface area contributed by atoms with E-state index in [1.165, 1.54) is 6.20 Å². The molecule has 5 rings (SSSR count). The molecule has 2 aliphatic heterocycles. The molecule has 33 heavy (non-hydrogen) atoms. The van der Waals surface area contributed by atoms with Crippen LogP contribution in [-0.4, -0.2) is 29.3 Å². The zero-order valence-corrected chi connectivity index (χ0v) is 18.3. The number of nitrogens with zero attached hydrogens (tertiary/aromatic N) is 2. The van der Waals surface area contributed by atoms with Crippen LogP contribution in [0, 0.1) is 0 Å². The first-order valence-electron chi connectivity index (χ1n) is 10.5. The van der Waals surface area contributed by atoms with Crippen molar-refractivity contribution in [3.63, 3.8) is 0 Å². The number of hydrogen-bond acceptors (Lipinski definition) is 5. The van der Waals surface area contributed by atoms with E-state index >= 15 is 0 Å². The second-order valence-corrected chi connectivity index (χ2v) is 8.18. The predicted molar refractivity (Wildman–Crippen MR) is 126 cm³/mol. The van der Waals surface area contributed by atoms with Gasteiger partial charge >= 0.3 is 0 Å². The van der Waals surface area contributed by atoms with Crippen LogP contribution in [0.3, 0.4) is 0 Å². The summed E-state index contributed by atoms with van der Waals surface area (Å²) in [5, 5.41) is 9.16.